The Balaban J connectivity index is 1.53. The molecule has 2 aromatic heterocycles. The highest BCUT2D eigenvalue weighted by Crippen LogP contribution is 2.59. The largest absolute Gasteiger partial charge is 0.483 e. The molecule has 2 bridgehead atoms. The molecule has 3 aliphatic rings. The number of carbonyl (C=O) groups excluding carboxylic acids is 1. The number of nitrogens with zero attached hydrogens (tertiary/aromatic N) is 3. The third-order valence-corrected chi connectivity index (χ3v) is 5.77. The molecule has 13 heteroatoms. The molecule has 2 heterocycles. The summed E-state index contributed by atoms with van der Waals surface area (Å²) in [6.45, 7) is -0.334. The summed E-state index contributed by atoms with van der Waals surface area (Å²) in [5.74, 6) is -0.133. The van der Waals surface area contributed by atoms with Crippen LogP contribution in [-0.4, -0.2) is 45.8 Å². The van der Waals surface area contributed by atoms with Crippen molar-refractivity contribution in [2.45, 2.75) is 24.8 Å². The molecule has 0 spiro atoms. The van der Waals surface area contributed by atoms with Gasteiger partial charge in [0, 0.05) is 11.6 Å². The number of hydrogen-bond acceptors (Lipinski definition) is 11. The van der Waals surface area contributed by atoms with E-state index in [0.717, 1.165) is 30.6 Å². The van der Waals surface area contributed by atoms with E-state index in [1.54, 1.807) is 0 Å². The number of amidine groups is 1. The molecule has 1 amide bonds. The van der Waals surface area contributed by atoms with Gasteiger partial charge in [-0.05, 0) is 37.5 Å². The summed E-state index contributed by atoms with van der Waals surface area (Å²) in [6, 6.07) is 1.41. The minimum Gasteiger partial charge on any atom is -0.483 e. The normalized spacial score (nSPS) is 22.0. The number of aliphatic hydroxyl groups is 1. The molecule has 2 aromatic rings. The molecule has 3 fully saturated rings. The Labute approximate surface area is 180 Å². The number of anilines is 2. The molecule has 0 atom stereocenters. The Morgan fingerprint density at radius 3 is 2.87 bits per heavy atom. The second-order valence-electron chi connectivity index (χ2n) is 7.34. The van der Waals surface area contributed by atoms with E-state index in [9.17, 15) is 9.59 Å². The van der Waals surface area contributed by atoms with E-state index in [-0.39, 0.29) is 46.4 Å². The van der Waals surface area contributed by atoms with E-state index in [1.807, 2.05) is 0 Å². The summed E-state index contributed by atoms with van der Waals surface area (Å²) in [5, 5.41) is 22.8. The van der Waals surface area contributed by atoms with E-state index < -0.39 is 11.5 Å². The minimum absolute atomic E-state index is 0.0636. The van der Waals surface area contributed by atoms with Crippen LogP contribution in [0.3, 0.4) is 0 Å². The lowest BCUT2D eigenvalue weighted by atomic mass is 9.50. The molecule has 3 aliphatic carbocycles. The average molecular weight is 447 g/mol. The van der Waals surface area contributed by atoms with Crippen LogP contribution in [0, 0.1) is 5.92 Å². The highest BCUT2D eigenvalue weighted by molar-refractivity contribution is 7.18. The lowest BCUT2D eigenvalue weighted by molar-refractivity contribution is 0.00181. The van der Waals surface area contributed by atoms with Crippen LogP contribution in [0.4, 0.5) is 16.0 Å². The van der Waals surface area contributed by atoms with Crippen LogP contribution >= 0.6 is 11.3 Å². The monoisotopic (exact) mass is 447 g/mol. The molecular weight excluding hydrogens is 426 g/mol. The molecule has 3 saturated carbocycles. The molecule has 0 unspecified atom stereocenters. The zero-order valence-electron chi connectivity index (χ0n) is 16.3. The van der Waals surface area contributed by atoms with Gasteiger partial charge < -0.3 is 31.0 Å². The third kappa shape index (κ3) is 4.36. The summed E-state index contributed by atoms with van der Waals surface area (Å²) in [5.41, 5.74) is 10.3. The van der Waals surface area contributed by atoms with Crippen molar-refractivity contribution in [2.75, 3.05) is 23.8 Å². The first-order chi connectivity index (χ1) is 14.9. The van der Waals surface area contributed by atoms with Crippen LogP contribution in [-0.2, 0) is 0 Å². The Kier molecular flexibility index (Phi) is 5.61. The molecule has 0 aliphatic heterocycles. The molecule has 164 valence electrons. The molecule has 12 nitrogen and oxygen atoms in total. The number of hydrogen-bond donors (Lipinski definition) is 5. The molecule has 0 radical (unpaired) electrons. The summed E-state index contributed by atoms with van der Waals surface area (Å²) in [4.78, 5) is 29.1. The number of carbonyl (C=O) groups is 1. The predicted molar refractivity (Wildman–Crippen MR) is 114 cm³/mol. The molecule has 31 heavy (non-hydrogen) atoms. The van der Waals surface area contributed by atoms with Crippen LogP contribution < -0.4 is 32.5 Å². The Bertz CT molecular complexity index is 1090. The SMILES string of the molecule is N/C=C\C(N)=N\c1nnc(NC(=O)c2cc(NC34CC(C3)C4)c(OCCO)c(=O)o2)s1. The summed E-state index contributed by atoms with van der Waals surface area (Å²) >= 11 is 0.978. The maximum absolute atomic E-state index is 12.6. The Hall–Kier alpha value is -3.45. The van der Waals surface area contributed by atoms with Gasteiger partial charge in [0.15, 0.2) is 5.76 Å². The fourth-order valence-electron chi connectivity index (χ4n) is 3.60. The van der Waals surface area contributed by atoms with Crippen molar-refractivity contribution in [3.8, 4) is 5.75 Å². The summed E-state index contributed by atoms with van der Waals surface area (Å²) in [7, 11) is 0. The topological polar surface area (TPSA) is 191 Å². The van der Waals surface area contributed by atoms with Crippen LogP contribution in [0.1, 0.15) is 29.8 Å². The lowest BCUT2D eigenvalue weighted by Gasteiger charge is -2.62. The second kappa shape index (κ2) is 8.35. The van der Waals surface area contributed by atoms with Gasteiger partial charge in [0.1, 0.15) is 12.4 Å². The predicted octanol–water partition coefficient (Wildman–Crippen LogP) is 0.540. The quantitative estimate of drug-likeness (QED) is 0.268. The fraction of sp³-hybridized carbons (Fsp3) is 0.389. The number of aliphatic hydroxyl groups excluding tert-OH is 1. The van der Waals surface area contributed by atoms with Crippen LogP contribution in [0.5, 0.6) is 5.75 Å². The smallest absolute Gasteiger partial charge is 0.381 e. The zero-order valence-corrected chi connectivity index (χ0v) is 17.1. The fourth-order valence-corrected chi connectivity index (χ4v) is 4.24. The van der Waals surface area contributed by atoms with Gasteiger partial charge in [0.25, 0.3) is 5.91 Å². The van der Waals surface area contributed by atoms with E-state index in [2.05, 4.69) is 25.8 Å². The van der Waals surface area contributed by atoms with Crippen molar-refractivity contribution in [1.29, 1.82) is 0 Å². The molecule has 0 aromatic carbocycles. The van der Waals surface area contributed by atoms with E-state index in [1.165, 1.54) is 18.3 Å². The molecule has 0 saturated heterocycles. The van der Waals surface area contributed by atoms with Crippen molar-refractivity contribution in [2.24, 2.45) is 22.4 Å². The third-order valence-electron chi connectivity index (χ3n) is 5.03. The van der Waals surface area contributed by atoms with Crippen molar-refractivity contribution in [1.82, 2.24) is 10.2 Å². The van der Waals surface area contributed by atoms with Gasteiger partial charge in [0.2, 0.25) is 16.0 Å². The van der Waals surface area contributed by atoms with Crippen molar-refractivity contribution in [3.05, 3.63) is 34.5 Å². The average Bonchev–Trinajstić information content (AvgIpc) is 3.09. The second-order valence-corrected chi connectivity index (χ2v) is 8.29. The highest BCUT2D eigenvalue weighted by atomic mass is 32.1. The maximum atomic E-state index is 12.6. The lowest BCUT2D eigenvalue weighted by Crippen LogP contribution is -2.63. The van der Waals surface area contributed by atoms with Crippen LogP contribution in [0.25, 0.3) is 0 Å². The first kappa shape index (κ1) is 20.8. The molecular formula is C18H21N7O5S. The van der Waals surface area contributed by atoms with Gasteiger partial charge in [-0.1, -0.05) is 11.3 Å². The number of aliphatic imine (C=N–C) groups is 1. The van der Waals surface area contributed by atoms with Gasteiger partial charge >= 0.3 is 5.63 Å². The van der Waals surface area contributed by atoms with Gasteiger partial charge in [0.05, 0.1) is 12.3 Å². The number of aromatic nitrogens is 2. The Morgan fingerprint density at radius 1 is 1.45 bits per heavy atom. The standard InChI is InChI=1S/C18H21N7O5S/c19-2-1-12(20)21-16-24-25-17(31-16)22-14(27)11-5-10(23-18-6-9(7-18)8-18)13(15(28)30-11)29-4-3-26/h1-2,5,9,23,26H,3-4,6-8,19H2,(H2,20,21,24)(H,22,25,27)/b2-1-. The van der Waals surface area contributed by atoms with E-state index >= 15 is 0 Å². The maximum Gasteiger partial charge on any atom is 0.381 e. The summed E-state index contributed by atoms with van der Waals surface area (Å²) in [6.07, 6.45) is 5.63. The summed E-state index contributed by atoms with van der Waals surface area (Å²) < 4.78 is 10.5. The first-order valence-electron chi connectivity index (χ1n) is 9.48. The molecule has 7 N–H and O–H groups in total. The number of nitrogens with one attached hydrogen (secondary N) is 2. The van der Waals surface area contributed by atoms with E-state index in [0.29, 0.717) is 11.6 Å². The van der Waals surface area contributed by atoms with Gasteiger partial charge in [-0.15, -0.1) is 10.2 Å². The zero-order chi connectivity index (χ0) is 22.0. The highest BCUT2D eigenvalue weighted by Gasteiger charge is 2.56. The van der Waals surface area contributed by atoms with Crippen molar-refractivity contribution >= 4 is 39.0 Å². The van der Waals surface area contributed by atoms with Gasteiger partial charge in [-0.2, -0.15) is 0 Å². The van der Waals surface area contributed by atoms with Gasteiger partial charge in [-0.25, -0.2) is 9.79 Å². The number of rotatable bonds is 9. The van der Waals surface area contributed by atoms with Gasteiger partial charge in [-0.3, -0.25) is 10.1 Å². The molecule has 5 rings (SSSR count). The van der Waals surface area contributed by atoms with E-state index in [4.69, 9.17) is 25.7 Å². The van der Waals surface area contributed by atoms with Crippen LogP contribution in [0.2, 0.25) is 0 Å². The number of nitrogens with two attached hydrogens (primary N) is 2. The number of ether oxygens (including phenoxy) is 1. The van der Waals surface area contributed by atoms with Crippen LogP contribution in [0.15, 0.2) is 32.5 Å². The first-order valence-corrected chi connectivity index (χ1v) is 10.3. The number of amides is 1. The van der Waals surface area contributed by atoms with Crippen molar-refractivity contribution < 1.29 is 19.1 Å². The Morgan fingerprint density at radius 2 is 2.23 bits per heavy atom. The van der Waals surface area contributed by atoms with Crippen molar-refractivity contribution in [3.63, 3.8) is 0 Å². The minimum atomic E-state index is -0.820.